The third kappa shape index (κ3) is 4.14. The molecule has 0 amide bonds. The fourth-order valence-corrected chi connectivity index (χ4v) is 4.54. The van der Waals surface area contributed by atoms with Crippen molar-refractivity contribution < 1.29 is 13.2 Å². The SMILES string of the molecule is COc1ccc(C)cc1S(=O)(=O)NCC1CCN(c2ccccc2)C1. The molecule has 134 valence electrons. The molecule has 0 aromatic heterocycles. The zero-order chi connectivity index (χ0) is 17.9. The van der Waals surface area contributed by atoms with Gasteiger partial charge in [-0.2, -0.15) is 0 Å². The number of nitrogens with one attached hydrogen (secondary N) is 1. The molecule has 5 nitrogen and oxygen atoms in total. The lowest BCUT2D eigenvalue weighted by atomic mass is 10.1. The molecule has 1 fully saturated rings. The number of para-hydroxylation sites is 1. The summed E-state index contributed by atoms with van der Waals surface area (Å²) >= 11 is 0. The highest BCUT2D eigenvalue weighted by molar-refractivity contribution is 7.89. The maximum absolute atomic E-state index is 12.7. The number of rotatable bonds is 6. The van der Waals surface area contributed by atoms with E-state index in [0.717, 1.165) is 25.1 Å². The molecule has 0 spiro atoms. The lowest BCUT2D eigenvalue weighted by molar-refractivity contribution is 0.402. The second-order valence-electron chi connectivity index (χ2n) is 6.44. The van der Waals surface area contributed by atoms with Gasteiger partial charge in [-0.25, -0.2) is 13.1 Å². The number of aryl methyl sites for hydroxylation is 1. The Labute approximate surface area is 149 Å². The molecule has 1 unspecified atom stereocenters. The van der Waals surface area contributed by atoms with E-state index in [4.69, 9.17) is 4.74 Å². The van der Waals surface area contributed by atoms with Crippen LogP contribution in [0.5, 0.6) is 5.75 Å². The third-order valence-corrected chi connectivity index (χ3v) is 6.02. The minimum absolute atomic E-state index is 0.202. The highest BCUT2D eigenvalue weighted by atomic mass is 32.2. The van der Waals surface area contributed by atoms with Gasteiger partial charge in [0.15, 0.2) is 0 Å². The number of hydrogen-bond donors (Lipinski definition) is 1. The summed E-state index contributed by atoms with van der Waals surface area (Å²) in [6, 6.07) is 15.4. The van der Waals surface area contributed by atoms with Gasteiger partial charge in [0.05, 0.1) is 7.11 Å². The van der Waals surface area contributed by atoms with E-state index in [-0.39, 0.29) is 4.90 Å². The lowest BCUT2D eigenvalue weighted by Crippen LogP contribution is -2.31. The van der Waals surface area contributed by atoms with Crippen LogP contribution in [0.1, 0.15) is 12.0 Å². The average molecular weight is 360 g/mol. The maximum atomic E-state index is 12.7. The van der Waals surface area contributed by atoms with Crippen molar-refractivity contribution in [2.75, 3.05) is 31.6 Å². The Morgan fingerprint density at radius 1 is 1.20 bits per heavy atom. The van der Waals surface area contributed by atoms with Crippen molar-refractivity contribution in [2.24, 2.45) is 5.92 Å². The fraction of sp³-hybridized carbons (Fsp3) is 0.368. The molecule has 1 saturated heterocycles. The van der Waals surface area contributed by atoms with Gasteiger partial charge in [-0.3, -0.25) is 0 Å². The van der Waals surface area contributed by atoms with Crippen LogP contribution in [0.25, 0.3) is 0 Å². The second-order valence-corrected chi connectivity index (χ2v) is 8.18. The molecule has 1 atom stereocenters. The second kappa shape index (κ2) is 7.45. The van der Waals surface area contributed by atoms with Crippen LogP contribution in [0.3, 0.4) is 0 Å². The largest absolute Gasteiger partial charge is 0.495 e. The van der Waals surface area contributed by atoms with Crippen LogP contribution in [-0.4, -0.2) is 35.2 Å². The summed E-state index contributed by atoms with van der Waals surface area (Å²) in [7, 11) is -2.10. The molecule has 6 heteroatoms. The fourth-order valence-electron chi connectivity index (χ4n) is 3.17. The number of hydrogen-bond acceptors (Lipinski definition) is 4. The molecule has 3 rings (SSSR count). The smallest absolute Gasteiger partial charge is 0.244 e. The van der Waals surface area contributed by atoms with Crippen molar-refractivity contribution in [1.82, 2.24) is 4.72 Å². The van der Waals surface area contributed by atoms with Crippen molar-refractivity contribution >= 4 is 15.7 Å². The number of anilines is 1. The van der Waals surface area contributed by atoms with E-state index < -0.39 is 10.0 Å². The molecule has 1 aliphatic heterocycles. The zero-order valence-corrected chi connectivity index (χ0v) is 15.4. The van der Waals surface area contributed by atoms with Crippen molar-refractivity contribution in [3.63, 3.8) is 0 Å². The van der Waals surface area contributed by atoms with Crippen LogP contribution < -0.4 is 14.4 Å². The van der Waals surface area contributed by atoms with Crippen LogP contribution in [0.15, 0.2) is 53.4 Å². The minimum atomic E-state index is -3.59. The van der Waals surface area contributed by atoms with E-state index in [9.17, 15) is 8.42 Å². The molecule has 2 aromatic rings. The first kappa shape index (κ1) is 17.8. The van der Waals surface area contributed by atoms with Crippen molar-refractivity contribution in [2.45, 2.75) is 18.2 Å². The normalized spacial score (nSPS) is 17.7. The van der Waals surface area contributed by atoms with Crippen molar-refractivity contribution in [3.8, 4) is 5.75 Å². The Balaban J connectivity index is 1.65. The molecular formula is C19H24N2O3S. The van der Waals surface area contributed by atoms with E-state index >= 15 is 0 Å². The Morgan fingerprint density at radius 2 is 1.96 bits per heavy atom. The summed E-state index contributed by atoms with van der Waals surface area (Å²) in [5.74, 6) is 0.668. The van der Waals surface area contributed by atoms with Crippen LogP contribution in [0, 0.1) is 12.8 Å². The molecule has 2 aromatic carbocycles. The molecule has 0 radical (unpaired) electrons. The van der Waals surface area contributed by atoms with E-state index in [2.05, 4.69) is 21.8 Å². The number of sulfonamides is 1. The minimum Gasteiger partial charge on any atom is -0.495 e. The number of methoxy groups -OCH3 is 1. The van der Waals surface area contributed by atoms with Gasteiger partial charge in [-0.1, -0.05) is 24.3 Å². The Kier molecular flexibility index (Phi) is 5.30. The van der Waals surface area contributed by atoms with E-state index in [1.165, 1.54) is 12.8 Å². The summed E-state index contributed by atoms with van der Waals surface area (Å²) in [5, 5.41) is 0. The molecule has 1 N–H and O–H groups in total. The van der Waals surface area contributed by atoms with Gasteiger partial charge in [-0.05, 0) is 49.1 Å². The standard InChI is InChI=1S/C19H24N2O3S/c1-15-8-9-18(24-2)19(12-15)25(22,23)20-13-16-10-11-21(14-16)17-6-4-3-5-7-17/h3-9,12,16,20H,10-11,13-14H2,1-2H3. The third-order valence-electron chi connectivity index (χ3n) is 4.58. The molecule has 25 heavy (non-hydrogen) atoms. The van der Waals surface area contributed by atoms with Gasteiger partial charge in [0.25, 0.3) is 0 Å². The summed E-state index contributed by atoms with van der Waals surface area (Å²) < 4.78 is 33.3. The highest BCUT2D eigenvalue weighted by Gasteiger charge is 2.26. The van der Waals surface area contributed by atoms with Crippen LogP contribution in [-0.2, 0) is 10.0 Å². The van der Waals surface area contributed by atoms with Crippen LogP contribution in [0.4, 0.5) is 5.69 Å². The molecular weight excluding hydrogens is 336 g/mol. The topological polar surface area (TPSA) is 58.6 Å². The first-order valence-electron chi connectivity index (χ1n) is 8.44. The van der Waals surface area contributed by atoms with Crippen LogP contribution in [0.2, 0.25) is 0 Å². The summed E-state index contributed by atoms with van der Waals surface area (Å²) in [6.07, 6.45) is 0.975. The van der Waals surface area contributed by atoms with Gasteiger partial charge in [0, 0.05) is 25.3 Å². The van der Waals surface area contributed by atoms with Gasteiger partial charge in [0.1, 0.15) is 10.6 Å². The number of nitrogens with zero attached hydrogens (tertiary/aromatic N) is 1. The Hall–Kier alpha value is -2.05. The predicted molar refractivity (Wildman–Crippen MR) is 99.7 cm³/mol. The van der Waals surface area contributed by atoms with Gasteiger partial charge >= 0.3 is 0 Å². The monoisotopic (exact) mass is 360 g/mol. The summed E-state index contributed by atoms with van der Waals surface area (Å²) in [6.45, 7) is 4.11. The quantitative estimate of drug-likeness (QED) is 0.861. The van der Waals surface area contributed by atoms with Crippen molar-refractivity contribution in [3.05, 3.63) is 54.1 Å². The molecule has 1 aliphatic rings. The molecule has 0 aliphatic carbocycles. The Morgan fingerprint density at radius 3 is 2.68 bits per heavy atom. The molecule has 0 bridgehead atoms. The van der Waals surface area contributed by atoms with Crippen molar-refractivity contribution in [1.29, 1.82) is 0 Å². The van der Waals surface area contributed by atoms with E-state index in [1.807, 2.05) is 31.2 Å². The number of benzene rings is 2. The first-order chi connectivity index (χ1) is 12.0. The predicted octanol–water partition coefficient (Wildman–Crippen LogP) is 2.81. The molecule has 0 saturated carbocycles. The van der Waals surface area contributed by atoms with Gasteiger partial charge in [0.2, 0.25) is 10.0 Å². The van der Waals surface area contributed by atoms with Gasteiger partial charge in [-0.15, -0.1) is 0 Å². The Bertz CT molecular complexity index is 822. The van der Waals surface area contributed by atoms with E-state index in [0.29, 0.717) is 18.2 Å². The lowest BCUT2D eigenvalue weighted by Gasteiger charge is -2.19. The highest BCUT2D eigenvalue weighted by Crippen LogP contribution is 2.26. The summed E-state index contributed by atoms with van der Waals surface area (Å²) in [5.41, 5.74) is 2.07. The zero-order valence-electron chi connectivity index (χ0n) is 14.6. The van der Waals surface area contributed by atoms with E-state index in [1.54, 1.807) is 12.1 Å². The summed E-state index contributed by atoms with van der Waals surface area (Å²) in [4.78, 5) is 2.50. The maximum Gasteiger partial charge on any atom is 0.244 e. The first-order valence-corrected chi connectivity index (χ1v) is 9.92. The number of ether oxygens (including phenoxy) is 1. The average Bonchev–Trinajstić information content (AvgIpc) is 3.10. The van der Waals surface area contributed by atoms with Crippen LogP contribution >= 0.6 is 0 Å². The molecule has 1 heterocycles. The van der Waals surface area contributed by atoms with Gasteiger partial charge < -0.3 is 9.64 Å².